The highest BCUT2D eigenvalue weighted by molar-refractivity contribution is 6.31. The van der Waals surface area contributed by atoms with Gasteiger partial charge in [0, 0.05) is 23.6 Å². The van der Waals surface area contributed by atoms with Crippen LogP contribution in [0.2, 0.25) is 5.02 Å². The number of nitrogens with zero attached hydrogens (tertiary/aromatic N) is 1. The van der Waals surface area contributed by atoms with E-state index in [-0.39, 0.29) is 23.6 Å². The van der Waals surface area contributed by atoms with Gasteiger partial charge in [0.2, 0.25) is 5.91 Å². The first-order valence-corrected chi connectivity index (χ1v) is 6.82. The lowest BCUT2D eigenvalue weighted by molar-refractivity contribution is -0.137. The highest BCUT2D eigenvalue weighted by atomic mass is 35.5. The van der Waals surface area contributed by atoms with E-state index in [1.54, 1.807) is 19.0 Å². The summed E-state index contributed by atoms with van der Waals surface area (Å²) in [6.07, 6.45) is 0.277. The highest BCUT2D eigenvalue weighted by Crippen LogP contribution is 2.28. The standard InChI is InChI=1S/C14H18ClFN2O3/c1-18(2)13(12-9(15)5-3-6-10(12)16)14(21)17-8-4-7-11(19)20/h3,5-6,13H,4,7-8H2,1-2H3,(H,17,21)(H,19,20). The van der Waals surface area contributed by atoms with E-state index in [0.29, 0.717) is 6.42 Å². The zero-order valence-corrected chi connectivity index (χ0v) is 12.7. The summed E-state index contributed by atoms with van der Waals surface area (Å²) in [4.78, 5) is 24.2. The Morgan fingerprint density at radius 3 is 2.62 bits per heavy atom. The van der Waals surface area contributed by atoms with E-state index >= 15 is 0 Å². The molecule has 0 saturated heterocycles. The highest BCUT2D eigenvalue weighted by Gasteiger charge is 2.27. The van der Waals surface area contributed by atoms with Crippen LogP contribution in [0.25, 0.3) is 0 Å². The van der Waals surface area contributed by atoms with Crippen LogP contribution in [-0.4, -0.2) is 42.5 Å². The largest absolute Gasteiger partial charge is 0.481 e. The van der Waals surface area contributed by atoms with Crippen molar-refractivity contribution in [1.82, 2.24) is 10.2 Å². The Morgan fingerprint density at radius 2 is 2.10 bits per heavy atom. The lowest BCUT2D eigenvalue weighted by Crippen LogP contribution is -2.38. The Hall–Kier alpha value is -1.66. The van der Waals surface area contributed by atoms with Crippen LogP contribution in [0.4, 0.5) is 4.39 Å². The molecule has 116 valence electrons. The van der Waals surface area contributed by atoms with Gasteiger partial charge in [-0.25, -0.2) is 4.39 Å². The van der Waals surface area contributed by atoms with Gasteiger partial charge in [0.1, 0.15) is 11.9 Å². The van der Waals surface area contributed by atoms with Gasteiger partial charge in [-0.3, -0.25) is 14.5 Å². The molecule has 0 aromatic heterocycles. The number of aliphatic carboxylic acids is 1. The summed E-state index contributed by atoms with van der Waals surface area (Å²) < 4.78 is 13.9. The molecule has 21 heavy (non-hydrogen) atoms. The van der Waals surface area contributed by atoms with Gasteiger partial charge in [0.05, 0.1) is 0 Å². The van der Waals surface area contributed by atoms with Crippen LogP contribution >= 0.6 is 11.6 Å². The third-order valence-electron chi connectivity index (χ3n) is 2.90. The number of halogens is 2. The number of carbonyl (C=O) groups is 2. The molecule has 1 rings (SSSR count). The van der Waals surface area contributed by atoms with Crippen molar-refractivity contribution in [3.05, 3.63) is 34.6 Å². The van der Waals surface area contributed by atoms with Crippen LogP contribution in [0, 0.1) is 5.82 Å². The average Bonchev–Trinajstić information content (AvgIpc) is 2.38. The van der Waals surface area contributed by atoms with E-state index in [9.17, 15) is 14.0 Å². The molecular formula is C14H18ClFN2O3. The molecule has 2 N–H and O–H groups in total. The van der Waals surface area contributed by atoms with Crippen LogP contribution in [0.5, 0.6) is 0 Å². The summed E-state index contributed by atoms with van der Waals surface area (Å²) in [5.41, 5.74) is 0.111. The molecule has 0 saturated carbocycles. The van der Waals surface area contributed by atoms with Gasteiger partial charge in [0.25, 0.3) is 0 Å². The Kier molecular flexibility index (Phi) is 6.58. The fourth-order valence-corrected chi connectivity index (χ4v) is 2.21. The maximum absolute atomic E-state index is 13.9. The molecule has 0 aliphatic heterocycles. The predicted molar refractivity (Wildman–Crippen MR) is 77.7 cm³/mol. The predicted octanol–water partition coefficient (Wildman–Crippen LogP) is 2.06. The third-order valence-corrected chi connectivity index (χ3v) is 3.23. The number of rotatable bonds is 7. The van der Waals surface area contributed by atoms with Crippen molar-refractivity contribution < 1.29 is 19.1 Å². The zero-order chi connectivity index (χ0) is 16.0. The fraction of sp³-hybridized carbons (Fsp3) is 0.429. The minimum Gasteiger partial charge on any atom is -0.481 e. The summed E-state index contributed by atoms with van der Waals surface area (Å²) in [5.74, 6) is -1.90. The zero-order valence-electron chi connectivity index (χ0n) is 11.9. The van der Waals surface area contributed by atoms with Crippen LogP contribution in [0.15, 0.2) is 18.2 Å². The number of nitrogens with one attached hydrogen (secondary N) is 1. The SMILES string of the molecule is CN(C)C(C(=O)NCCCC(=O)O)c1c(F)cccc1Cl. The number of carboxylic acid groups (broad SMARTS) is 1. The van der Waals surface area contributed by atoms with Crippen molar-refractivity contribution in [1.29, 1.82) is 0 Å². The molecule has 1 aromatic rings. The van der Waals surface area contributed by atoms with Crippen molar-refractivity contribution in [3.63, 3.8) is 0 Å². The van der Waals surface area contributed by atoms with E-state index in [1.165, 1.54) is 18.2 Å². The number of carboxylic acids is 1. The summed E-state index contributed by atoms with van der Waals surface area (Å²) >= 11 is 5.99. The Labute approximate surface area is 127 Å². The van der Waals surface area contributed by atoms with E-state index in [2.05, 4.69) is 5.32 Å². The quantitative estimate of drug-likeness (QED) is 0.756. The molecule has 0 heterocycles. The van der Waals surface area contributed by atoms with Crippen LogP contribution in [-0.2, 0) is 9.59 Å². The van der Waals surface area contributed by atoms with Crippen molar-refractivity contribution in [2.24, 2.45) is 0 Å². The molecule has 1 aromatic carbocycles. The van der Waals surface area contributed by atoms with Gasteiger partial charge < -0.3 is 10.4 Å². The van der Waals surface area contributed by atoms with Crippen molar-refractivity contribution in [3.8, 4) is 0 Å². The van der Waals surface area contributed by atoms with Crippen LogP contribution < -0.4 is 5.32 Å². The van der Waals surface area contributed by atoms with Crippen LogP contribution in [0.1, 0.15) is 24.4 Å². The molecular weight excluding hydrogens is 299 g/mol. The second-order valence-electron chi connectivity index (χ2n) is 4.79. The fourth-order valence-electron chi connectivity index (χ4n) is 1.94. The molecule has 7 heteroatoms. The van der Waals surface area contributed by atoms with Crippen LogP contribution in [0.3, 0.4) is 0 Å². The summed E-state index contributed by atoms with van der Waals surface area (Å²) in [5, 5.41) is 11.3. The van der Waals surface area contributed by atoms with Gasteiger partial charge in [0.15, 0.2) is 0 Å². The van der Waals surface area contributed by atoms with Crippen molar-refractivity contribution in [2.75, 3.05) is 20.6 Å². The van der Waals surface area contributed by atoms with Gasteiger partial charge in [-0.2, -0.15) is 0 Å². The number of carbonyl (C=O) groups excluding carboxylic acids is 1. The Balaban J connectivity index is 2.82. The molecule has 0 aliphatic rings. The molecule has 5 nitrogen and oxygen atoms in total. The Bertz CT molecular complexity index is 503. The molecule has 0 bridgehead atoms. The smallest absolute Gasteiger partial charge is 0.303 e. The number of benzene rings is 1. The first-order chi connectivity index (χ1) is 9.84. The van der Waals surface area contributed by atoms with Gasteiger partial charge in [-0.05, 0) is 32.6 Å². The monoisotopic (exact) mass is 316 g/mol. The van der Waals surface area contributed by atoms with Crippen molar-refractivity contribution in [2.45, 2.75) is 18.9 Å². The van der Waals surface area contributed by atoms with Gasteiger partial charge >= 0.3 is 5.97 Å². The van der Waals surface area contributed by atoms with Gasteiger partial charge in [-0.1, -0.05) is 17.7 Å². The third kappa shape index (κ3) is 4.99. The second-order valence-corrected chi connectivity index (χ2v) is 5.20. The molecule has 0 radical (unpaired) electrons. The topological polar surface area (TPSA) is 69.6 Å². The molecule has 1 atom stereocenters. The number of amides is 1. The lowest BCUT2D eigenvalue weighted by atomic mass is 10.0. The number of likely N-dealkylation sites (N-methyl/N-ethyl adjacent to an activating group) is 1. The maximum Gasteiger partial charge on any atom is 0.303 e. The van der Waals surface area contributed by atoms with E-state index < -0.39 is 23.7 Å². The second kappa shape index (κ2) is 7.95. The van der Waals surface area contributed by atoms with Crippen molar-refractivity contribution >= 4 is 23.5 Å². The van der Waals surface area contributed by atoms with E-state index in [0.717, 1.165) is 0 Å². The lowest BCUT2D eigenvalue weighted by Gasteiger charge is -2.25. The summed E-state index contributed by atoms with van der Waals surface area (Å²) in [6, 6.07) is 3.37. The average molecular weight is 317 g/mol. The first-order valence-electron chi connectivity index (χ1n) is 6.44. The maximum atomic E-state index is 13.9. The summed E-state index contributed by atoms with van der Waals surface area (Å²) in [7, 11) is 3.29. The molecule has 1 amide bonds. The number of hydrogen-bond acceptors (Lipinski definition) is 3. The molecule has 0 aliphatic carbocycles. The van der Waals surface area contributed by atoms with E-state index in [4.69, 9.17) is 16.7 Å². The van der Waals surface area contributed by atoms with E-state index in [1.807, 2.05) is 0 Å². The van der Waals surface area contributed by atoms with Gasteiger partial charge in [-0.15, -0.1) is 0 Å². The molecule has 1 unspecified atom stereocenters. The normalized spacial score (nSPS) is 12.2. The minimum absolute atomic E-state index is 0.0344. The Morgan fingerprint density at radius 1 is 1.43 bits per heavy atom. The summed E-state index contributed by atoms with van der Waals surface area (Å²) in [6.45, 7) is 0.210. The molecule has 0 fully saturated rings. The first kappa shape index (κ1) is 17.4. The minimum atomic E-state index is -0.925. The number of hydrogen-bond donors (Lipinski definition) is 2. The molecule has 0 spiro atoms.